The summed E-state index contributed by atoms with van der Waals surface area (Å²) in [6.45, 7) is 1.93. The molecule has 0 aliphatic rings. The molecule has 1 radical (unpaired) electrons. The number of rotatable bonds is 4. The van der Waals surface area contributed by atoms with Crippen LogP contribution in [0.3, 0.4) is 0 Å². The molecular weight excluding hydrogens is 337 g/mol. The first-order chi connectivity index (χ1) is 8.21. The maximum atomic E-state index is 12.1. The Bertz CT molecular complexity index is 400. The van der Waals surface area contributed by atoms with E-state index in [1.165, 1.54) is 0 Å². The smallest absolute Gasteiger partial charge is 0.227 e. The number of hydrogen-bond donors (Lipinski definition) is 0. The molecule has 0 saturated carbocycles. The number of benzene rings is 1. The van der Waals surface area contributed by atoms with Crippen molar-refractivity contribution in [3.05, 3.63) is 35.4 Å². The normalized spacial score (nSPS) is 14.6. The Kier molecular flexibility index (Phi) is 5.92. The van der Waals surface area contributed by atoms with Gasteiger partial charge in [0.15, 0.2) is 4.33 Å². The highest BCUT2D eigenvalue weighted by Gasteiger charge is 2.48. The fourth-order valence-electron chi connectivity index (χ4n) is 1.63. The van der Waals surface area contributed by atoms with E-state index in [1.807, 2.05) is 6.92 Å². The summed E-state index contributed by atoms with van der Waals surface area (Å²) < 4.78 is -3.68. The molecule has 0 aliphatic carbocycles. The van der Waals surface area contributed by atoms with E-state index >= 15 is 0 Å². The number of halogens is 5. The van der Waals surface area contributed by atoms with Crippen molar-refractivity contribution in [1.82, 2.24) is 0 Å². The fourth-order valence-corrected chi connectivity index (χ4v) is 2.28. The zero-order valence-corrected chi connectivity index (χ0v) is 13.4. The van der Waals surface area contributed by atoms with Gasteiger partial charge in [-0.1, -0.05) is 95.6 Å². The second-order valence-corrected chi connectivity index (χ2v) is 7.55. The van der Waals surface area contributed by atoms with Gasteiger partial charge in [-0.05, 0) is 17.5 Å². The van der Waals surface area contributed by atoms with Crippen LogP contribution in [0.1, 0.15) is 37.0 Å². The largest absolute Gasteiger partial charge is 0.228 e. The van der Waals surface area contributed by atoms with Gasteiger partial charge in [0.2, 0.25) is 3.79 Å². The van der Waals surface area contributed by atoms with E-state index < -0.39 is 14.2 Å². The van der Waals surface area contributed by atoms with Crippen LogP contribution >= 0.6 is 58.0 Å². The van der Waals surface area contributed by atoms with Crippen LogP contribution in [0.5, 0.6) is 0 Å². The lowest BCUT2D eigenvalue weighted by atomic mass is 9.97. The molecular formula is C12H12Cl5O. The summed E-state index contributed by atoms with van der Waals surface area (Å²) in [7, 11) is 0. The maximum absolute atomic E-state index is 12.1. The lowest BCUT2D eigenvalue weighted by Gasteiger charge is -2.30. The minimum absolute atomic E-state index is 0.349. The molecule has 0 aliphatic heterocycles. The average Bonchev–Trinajstić information content (AvgIpc) is 2.28. The molecule has 1 nitrogen and oxygen atoms in total. The van der Waals surface area contributed by atoms with Crippen molar-refractivity contribution >= 4 is 58.0 Å². The van der Waals surface area contributed by atoms with Crippen LogP contribution in [0, 0.1) is 0 Å². The standard InChI is InChI=1S/C12H12Cl5O/c1-2-5-10(18)8-6-3-4-7-9(8)11(13,14)12(15,16)17/h3-4,6-7,10H,2,5H2,1H3. The molecule has 0 heterocycles. The van der Waals surface area contributed by atoms with E-state index in [2.05, 4.69) is 0 Å². The van der Waals surface area contributed by atoms with Crippen molar-refractivity contribution in [1.29, 1.82) is 0 Å². The predicted molar refractivity (Wildman–Crippen MR) is 78.5 cm³/mol. The molecule has 6 heteroatoms. The lowest BCUT2D eigenvalue weighted by Crippen LogP contribution is -2.30. The van der Waals surface area contributed by atoms with E-state index in [0.717, 1.165) is 6.42 Å². The molecule has 0 fully saturated rings. The highest BCUT2D eigenvalue weighted by atomic mass is 35.6. The third kappa shape index (κ3) is 3.59. The summed E-state index contributed by atoms with van der Waals surface area (Å²) in [4.78, 5) is 0. The molecule has 101 valence electrons. The van der Waals surface area contributed by atoms with Gasteiger partial charge in [-0.2, -0.15) is 0 Å². The summed E-state index contributed by atoms with van der Waals surface area (Å²) in [5.74, 6) is 0. The van der Waals surface area contributed by atoms with Crippen LogP contribution in [0.25, 0.3) is 0 Å². The monoisotopic (exact) mass is 347 g/mol. The number of hydrogen-bond acceptors (Lipinski definition) is 0. The van der Waals surface area contributed by atoms with Crippen LogP contribution in [-0.2, 0) is 9.44 Å². The first kappa shape index (κ1) is 16.7. The van der Waals surface area contributed by atoms with Crippen molar-refractivity contribution in [2.75, 3.05) is 0 Å². The van der Waals surface area contributed by atoms with Crippen LogP contribution in [0.2, 0.25) is 0 Å². The quantitative estimate of drug-likeness (QED) is 0.598. The van der Waals surface area contributed by atoms with Crippen molar-refractivity contribution in [3.8, 4) is 0 Å². The van der Waals surface area contributed by atoms with Crippen LogP contribution in [0.4, 0.5) is 0 Å². The SMILES string of the molecule is CCCC([O])c1ccccc1C(Cl)(Cl)C(Cl)(Cl)Cl. The van der Waals surface area contributed by atoms with Gasteiger partial charge in [-0.15, -0.1) is 0 Å². The molecule has 18 heavy (non-hydrogen) atoms. The Morgan fingerprint density at radius 1 is 1.11 bits per heavy atom. The molecule has 1 aromatic carbocycles. The van der Waals surface area contributed by atoms with E-state index in [4.69, 9.17) is 58.0 Å². The summed E-state index contributed by atoms with van der Waals surface area (Å²) >= 11 is 29.6. The van der Waals surface area contributed by atoms with Gasteiger partial charge in [0, 0.05) is 0 Å². The zero-order chi connectivity index (χ0) is 14.0. The highest BCUT2D eigenvalue weighted by molar-refractivity contribution is 6.75. The lowest BCUT2D eigenvalue weighted by molar-refractivity contribution is 0.0795. The maximum Gasteiger partial charge on any atom is 0.227 e. The van der Waals surface area contributed by atoms with E-state index in [9.17, 15) is 5.11 Å². The Morgan fingerprint density at radius 2 is 1.67 bits per heavy atom. The molecule has 0 saturated heterocycles. The summed E-state index contributed by atoms with van der Waals surface area (Å²) in [6.07, 6.45) is 0.296. The summed E-state index contributed by atoms with van der Waals surface area (Å²) in [5.41, 5.74) is 0.817. The third-order valence-corrected chi connectivity index (χ3v) is 4.96. The molecule has 1 unspecified atom stereocenters. The molecule has 0 N–H and O–H groups in total. The van der Waals surface area contributed by atoms with Crippen molar-refractivity contribution in [2.24, 2.45) is 0 Å². The van der Waals surface area contributed by atoms with Crippen LogP contribution < -0.4 is 0 Å². The van der Waals surface area contributed by atoms with Crippen molar-refractivity contribution < 1.29 is 5.11 Å². The second-order valence-electron chi connectivity index (χ2n) is 3.94. The second kappa shape index (κ2) is 6.39. The summed E-state index contributed by atoms with van der Waals surface area (Å²) in [5, 5.41) is 12.1. The van der Waals surface area contributed by atoms with Gasteiger partial charge >= 0.3 is 0 Å². The first-order valence-electron chi connectivity index (χ1n) is 5.41. The minimum atomic E-state index is -1.92. The van der Waals surface area contributed by atoms with E-state index in [-0.39, 0.29) is 0 Å². The van der Waals surface area contributed by atoms with Crippen molar-refractivity contribution in [3.63, 3.8) is 0 Å². The Balaban J connectivity index is 3.25. The molecule has 0 bridgehead atoms. The average molecular weight is 349 g/mol. The molecule has 1 aromatic rings. The van der Waals surface area contributed by atoms with Gasteiger partial charge in [0.25, 0.3) is 0 Å². The zero-order valence-electron chi connectivity index (χ0n) is 9.60. The Labute approximate surface area is 132 Å². The number of alkyl halides is 5. The Hall–Kier alpha value is 0.630. The predicted octanol–water partition coefficient (Wildman–Crippen LogP) is 5.96. The van der Waals surface area contributed by atoms with E-state index in [0.29, 0.717) is 17.5 Å². The van der Waals surface area contributed by atoms with Gasteiger partial charge < -0.3 is 0 Å². The van der Waals surface area contributed by atoms with Crippen molar-refractivity contribution in [2.45, 2.75) is 34.0 Å². The van der Waals surface area contributed by atoms with E-state index in [1.54, 1.807) is 24.3 Å². The van der Waals surface area contributed by atoms with Gasteiger partial charge in [-0.3, -0.25) is 0 Å². The molecule has 0 amide bonds. The third-order valence-electron chi connectivity index (χ3n) is 2.55. The molecule has 0 aromatic heterocycles. The molecule has 1 atom stereocenters. The first-order valence-corrected chi connectivity index (χ1v) is 7.30. The highest BCUT2D eigenvalue weighted by Crippen LogP contribution is 2.54. The summed E-state index contributed by atoms with van der Waals surface area (Å²) in [6, 6.07) is 6.71. The van der Waals surface area contributed by atoms with Gasteiger partial charge in [0.05, 0.1) is 0 Å². The Morgan fingerprint density at radius 3 is 2.17 bits per heavy atom. The van der Waals surface area contributed by atoms with Gasteiger partial charge in [-0.25, -0.2) is 5.11 Å². The van der Waals surface area contributed by atoms with Crippen LogP contribution in [0.15, 0.2) is 24.3 Å². The van der Waals surface area contributed by atoms with Crippen LogP contribution in [-0.4, -0.2) is 3.79 Å². The topological polar surface area (TPSA) is 19.9 Å². The van der Waals surface area contributed by atoms with Gasteiger partial charge in [0.1, 0.15) is 6.10 Å². The molecule has 0 spiro atoms. The fraction of sp³-hybridized carbons (Fsp3) is 0.500. The molecule has 1 rings (SSSR count). The minimum Gasteiger partial charge on any atom is -0.228 e.